The molecule has 0 aromatic carbocycles. The Morgan fingerprint density at radius 2 is 2.04 bits per heavy atom. The molecule has 3 amide bonds. The molecule has 0 aliphatic carbocycles. The molecule has 3 unspecified atom stereocenters. The average Bonchev–Trinajstić information content (AvgIpc) is 3.00. The van der Waals surface area contributed by atoms with Crippen LogP contribution in [0.1, 0.15) is 19.8 Å². The van der Waals surface area contributed by atoms with E-state index in [1.54, 1.807) is 0 Å². The van der Waals surface area contributed by atoms with Gasteiger partial charge in [-0.1, -0.05) is 0 Å². The summed E-state index contributed by atoms with van der Waals surface area (Å²) in [6, 6.07) is -2.56. The summed E-state index contributed by atoms with van der Waals surface area (Å²) in [6.45, 7) is 1.46. The number of likely N-dealkylation sites (tertiary alicyclic amines) is 1. The molecule has 0 spiro atoms. The van der Waals surface area contributed by atoms with Crippen molar-refractivity contribution in [1.29, 1.82) is 0 Å². The monoisotopic (exact) mass is 346 g/mol. The first-order valence-electron chi connectivity index (χ1n) is 7.24. The summed E-state index contributed by atoms with van der Waals surface area (Å²) in [5, 5.41) is 13.6. The Morgan fingerprint density at radius 3 is 2.61 bits per heavy atom. The highest BCUT2D eigenvalue weighted by atomic mass is 32.1. The van der Waals surface area contributed by atoms with Gasteiger partial charge >= 0.3 is 5.97 Å². The molecule has 0 bridgehead atoms. The number of nitrogens with two attached hydrogens (primary N) is 1. The molecule has 0 radical (unpaired) electrons. The molecular formula is C13H22N4O5S. The number of rotatable bonds is 7. The summed E-state index contributed by atoms with van der Waals surface area (Å²) in [5.41, 5.74) is 5.48. The molecule has 1 heterocycles. The van der Waals surface area contributed by atoms with Gasteiger partial charge in [0.05, 0.1) is 12.6 Å². The van der Waals surface area contributed by atoms with E-state index in [0.717, 1.165) is 0 Å². The van der Waals surface area contributed by atoms with Gasteiger partial charge in [0.25, 0.3) is 0 Å². The molecule has 1 aliphatic rings. The third-order valence-electron chi connectivity index (χ3n) is 3.55. The summed E-state index contributed by atoms with van der Waals surface area (Å²) in [4.78, 5) is 47.9. The number of carboxylic acid groups (broad SMARTS) is 1. The van der Waals surface area contributed by atoms with E-state index < -0.39 is 41.8 Å². The van der Waals surface area contributed by atoms with E-state index >= 15 is 0 Å². The standard InChI is InChI=1S/C13H22N4O5S/c1-7(13(21)22)16-12(20)9-3-2-4-17(9)10(18)5-15-11(19)8(14)6-23/h7-9,23H,2-6,14H2,1H3,(H,15,19)(H,16,20)(H,21,22). The Kier molecular flexibility index (Phi) is 7.30. The number of hydrogen-bond donors (Lipinski definition) is 5. The molecule has 9 nitrogen and oxygen atoms in total. The van der Waals surface area contributed by atoms with Crippen molar-refractivity contribution >= 4 is 36.3 Å². The fraction of sp³-hybridized carbons (Fsp3) is 0.692. The highest BCUT2D eigenvalue weighted by Crippen LogP contribution is 2.17. The van der Waals surface area contributed by atoms with Gasteiger partial charge < -0.3 is 26.4 Å². The van der Waals surface area contributed by atoms with E-state index in [4.69, 9.17) is 10.8 Å². The van der Waals surface area contributed by atoms with Gasteiger partial charge in [-0.3, -0.25) is 19.2 Å². The van der Waals surface area contributed by atoms with Crippen LogP contribution >= 0.6 is 12.6 Å². The predicted octanol–water partition coefficient (Wildman–Crippen LogP) is -2.06. The number of carboxylic acids is 1. The highest BCUT2D eigenvalue weighted by Gasteiger charge is 2.35. The number of amides is 3. The van der Waals surface area contributed by atoms with E-state index in [1.807, 2.05) is 0 Å². The van der Waals surface area contributed by atoms with Gasteiger partial charge in [-0.15, -0.1) is 0 Å². The topological polar surface area (TPSA) is 142 Å². The second-order valence-corrected chi connectivity index (χ2v) is 5.69. The Balaban J connectivity index is 2.57. The van der Waals surface area contributed by atoms with Crippen molar-refractivity contribution in [2.45, 2.75) is 37.9 Å². The lowest BCUT2D eigenvalue weighted by Gasteiger charge is -2.25. The Morgan fingerprint density at radius 1 is 1.39 bits per heavy atom. The predicted molar refractivity (Wildman–Crippen MR) is 84.8 cm³/mol. The SMILES string of the molecule is CC(NC(=O)C1CCCN1C(=O)CNC(=O)C(N)CS)C(=O)O. The van der Waals surface area contributed by atoms with Crippen LogP contribution in [-0.4, -0.2) is 70.7 Å². The van der Waals surface area contributed by atoms with Crippen molar-refractivity contribution in [2.24, 2.45) is 5.73 Å². The summed E-state index contributed by atoms with van der Waals surface area (Å²) < 4.78 is 0. The maximum Gasteiger partial charge on any atom is 0.325 e. The Hall–Kier alpha value is -1.81. The molecule has 1 saturated heterocycles. The van der Waals surface area contributed by atoms with Crippen LogP contribution in [0.2, 0.25) is 0 Å². The highest BCUT2D eigenvalue weighted by molar-refractivity contribution is 7.80. The van der Waals surface area contributed by atoms with Crippen molar-refractivity contribution < 1.29 is 24.3 Å². The minimum atomic E-state index is -1.15. The third-order valence-corrected chi connectivity index (χ3v) is 3.95. The Labute approximate surface area is 139 Å². The lowest BCUT2D eigenvalue weighted by molar-refractivity contribution is -0.143. The number of carbonyl (C=O) groups is 4. The van der Waals surface area contributed by atoms with E-state index in [0.29, 0.717) is 19.4 Å². The smallest absolute Gasteiger partial charge is 0.325 e. The molecule has 10 heteroatoms. The molecule has 0 aromatic heterocycles. The molecule has 1 rings (SSSR count). The molecular weight excluding hydrogens is 324 g/mol. The summed E-state index contributed by atoms with van der Waals surface area (Å²) in [7, 11) is 0. The molecule has 1 fully saturated rings. The van der Waals surface area contributed by atoms with E-state index in [1.165, 1.54) is 11.8 Å². The number of carbonyl (C=O) groups excluding carboxylic acids is 3. The van der Waals surface area contributed by atoms with Gasteiger partial charge in [-0.2, -0.15) is 12.6 Å². The van der Waals surface area contributed by atoms with Gasteiger partial charge in [0, 0.05) is 12.3 Å². The van der Waals surface area contributed by atoms with Gasteiger partial charge in [0.2, 0.25) is 17.7 Å². The summed E-state index contributed by atoms with van der Waals surface area (Å²) in [5.74, 6) is -2.41. The van der Waals surface area contributed by atoms with Crippen LogP contribution in [0.15, 0.2) is 0 Å². The minimum Gasteiger partial charge on any atom is -0.480 e. The van der Waals surface area contributed by atoms with Crippen molar-refractivity contribution in [3.05, 3.63) is 0 Å². The maximum absolute atomic E-state index is 12.2. The first-order chi connectivity index (χ1) is 10.8. The largest absolute Gasteiger partial charge is 0.480 e. The summed E-state index contributed by atoms with van der Waals surface area (Å²) >= 11 is 3.89. The zero-order chi connectivity index (χ0) is 17.6. The van der Waals surface area contributed by atoms with Crippen LogP contribution in [0, 0.1) is 0 Å². The van der Waals surface area contributed by atoms with Crippen LogP contribution in [0.3, 0.4) is 0 Å². The molecule has 0 saturated carbocycles. The zero-order valence-electron chi connectivity index (χ0n) is 12.8. The first kappa shape index (κ1) is 19.2. The van der Waals surface area contributed by atoms with Gasteiger partial charge in [0.15, 0.2) is 0 Å². The Bertz CT molecular complexity index is 487. The van der Waals surface area contributed by atoms with Crippen LogP contribution in [0.4, 0.5) is 0 Å². The van der Waals surface area contributed by atoms with Crippen molar-refractivity contribution in [2.75, 3.05) is 18.8 Å². The number of nitrogens with zero attached hydrogens (tertiary/aromatic N) is 1. The van der Waals surface area contributed by atoms with Crippen LogP contribution < -0.4 is 16.4 Å². The fourth-order valence-corrected chi connectivity index (χ4v) is 2.35. The molecule has 5 N–H and O–H groups in total. The van der Waals surface area contributed by atoms with Crippen LogP contribution in [-0.2, 0) is 19.2 Å². The molecule has 130 valence electrons. The lowest BCUT2D eigenvalue weighted by atomic mass is 10.2. The van der Waals surface area contributed by atoms with Crippen LogP contribution in [0.5, 0.6) is 0 Å². The minimum absolute atomic E-state index is 0.155. The average molecular weight is 346 g/mol. The quantitative estimate of drug-likeness (QED) is 0.336. The second-order valence-electron chi connectivity index (χ2n) is 5.32. The lowest BCUT2D eigenvalue weighted by Crippen LogP contribution is -2.52. The number of nitrogens with one attached hydrogen (secondary N) is 2. The number of aliphatic carboxylic acids is 1. The van der Waals surface area contributed by atoms with Gasteiger partial charge in [0.1, 0.15) is 12.1 Å². The fourth-order valence-electron chi connectivity index (χ4n) is 2.19. The second kappa shape index (κ2) is 8.73. The molecule has 23 heavy (non-hydrogen) atoms. The van der Waals surface area contributed by atoms with E-state index in [9.17, 15) is 19.2 Å². The molecule has 3 atom stereocenters. The summed E-state index contributed by atoms with van der Waals surface area (Å²) in [6.07, 6.45) is 1.09. The van der Waals surface area contributed by atoms with E-state index in [-0.39, 0.29) is 12.3 Å². The normalized spacial score (nSPS) is 19.8. The molecule has 0 aromatic rings. The van der Waals surface area contributed by atoms with Crippen molar-refractivity contribution in [3.8, 4) is 0 Å². The van der Waals surface area contributed by atoms with Crippen LogP contribution in [0.25, 0.3) is 0 Å². The van der Waals surface area contributed by atoms with Gasteiger partial charge in [-0.05, 0) is 19.8 Å². The third kappa shape index (κ3) is 5.39. The number of thiol groups is 1. The first-order valence-corrected chi connectivity index (χ1v) is 7.88. The zero-order valence-corrected chi connectivity index (χ0v) is 13.7. The van der Waals surface area contributed by atoms with Crippen molar-refractivity contribution in [3.63, 3.8) is 0 Å². The van der Waals surface area contributed by atoms with Crippen molar-refractivity contribution in [1.82, 2.24) is 15.5 Å². The molecule has 1 aliphatic heterocycles. The number of hydrogen-bond acceptors (Lipinski definition) is 6. The maximum atomic E-state index is 12.2. The van der Waals surface area contributed by atoms with Gasteiger partial charge in [-0.25, -0.2) is 0 Å². The van der Waals surface area contributed by atoms with E-state index in [2.05, 4.69) is 23.3 Å².